The maximum absolute atomic E-state index is 13.5. The number of halogens is 1. The standard InChI is InChI=1S/C20H17FN8O2/c1-10-15(13-6-3-7-14(17(22)30)29(13)28-10)19-25-20(16(18(23)31)26-27-19)24-9-11-4-2-5-12(21)8-11/h2-8H,9H2,1H3,(H2,22,30)(H2,23,31)(H,24,25,27). The quantitative estimate of drug-likeness (QED) is 0.426. The average molecular weight is 420 g/mol. The van der Waals surface area contributed by atoms with Crippen LogP contribution in [0.2, 0.25) is 0 Å². The van der Waals surface area contributed by atoms with Crippen LogP contribution in [-0.4, -0.2) is 36.6 Å². The van der Waals surface area contributed by atoms with Crippen LogP contribution in [0.15, 0.2) is 42.5 Å². The van der Waals surface area contributed by atoms with Gasteiger partial charge in [-0.15, -0.1) is 10.2 Å². The second-order valence-electron chi connectivity index (χ2n) is 6.71. The van der Waals surface area contributed by atoms with Gasteiger partial charge in [0.1, 0.15) is 11.5 Å². The van der Waals surface area contributed by atoms with Crippen molar-refractivity contribution in [3.05, 3.63) is 70.9 Å². The molecule has 0 radical (unpaired) electrons. The molecule has 0 bridgehead atoms. The molecule has 0 atom stereocenters. The van der Waals surface area contributed by atoms with Crippen LogP contribution in [0.4, 0.5) is 10.2 Å². The smallest absolute Gasteiger partial charge is 0.273 e. The summed E-state index contributed by atoms with van der Waals surface area (Å²) in [6, 6.07) is 10.9. The van der Waals surface area contributed by atoms with Crippen LogP contribution in [0.1, 0.15) is 32.2 Å². The average Bonchev–Trinajstić information content (AvgIpc) is 3.07. The van der Waals surface area contributed by atoms with Gasteiger partial charge in [0.25, 0.3) is 11.8 Å². The lowest BCUT2D eigenvalue weighted by atomic mass is 10.2. The van der Waals surface area contributed by atoms with Gasteiger partial charge in [-0.3, -0.25) is 9.59 Å². The molecule has 4 aromatic rings. The van der Waals surface area contributed by atoms with Gasteiger partial charge in [-0.05, 0) is 36.8 Å². The highest BCUT2D eigenvalue weighted by molar-refractivity contribution is 5.96. The Balaban J connectivity index is 1.79. The minimum Gasteiger partial charge on any atom is -0.364 e. The van der Waals surface area contributed by atoms with E-state index in [9.17, 15) is 14.0 Å². The van der Waals surface area contributed by atoms with E-state index in [-0.39, 0.29) is 35.4 Å². The first kappa shape index (κ1) is 19.9. The molecule has 4 rings (SSSR count). The summed E-state index contributed by atoms with van der Waals surface area (Å²) < 4.78 is 14.9. The molecular weight excluding hydrogens is 403 g/mol. The van der Waals surface area contributed by atoms with Gasteiger partial charge in [0.05, 0.1) is 16.8 Å². The number of primary amides is 2. The highest BCUT2D eigenvalue weighted by Crippen LogP contribution is 2.27. The summed E-state index contributed by atoms with van der Waals surface area (Å²) in [5.41, 5.74) is 13.1. The van der Waals surface area contributed by atoms with Crippen LogP contribution >= 0.6 is 0 Å². The number of hydrogen-bond acceptors (Lipinski definition) is 7. The zero-order valence-corrected chi connectivity index (χ0v) is 16.3. The molecule has 2 amide bonds. The number of anilines is 1. The van der Waals surface area contributed by atoms with Crippen LogP contribution in [0.5, 0.6) is 0 Å². The third-order valence-corrected chi connectivity index (χ3v) is 4.58. The molecular formula is C20H17FN8O2. The Morgan fingerprint density at radius 1 is 1.10 bits per heavy atom. The fourth-order valence-corrected chi connectivity index (χ4v) is 3.20. The molecule has 0 spiro atoms. The van der Waals surface area contributed by atoms with E-state index >= 15 is 0 Å². The topological polar surface area (TPSA) is 154 Å². The first-order valence-corrected chi connectivity index (χ1v) is 9.16. The number of amides is 2. The Morgan fingerprint density at radius 2 is 1.87 bits per heavy atom. The molecule has 11 heteroatoms. The number of nitrogens with two attached hydrogens (primary N) is 2. The number of benzene rings is 1. The number of pyridine rings is 1. The van der Waals surface area contributed by atoms with Crippen LogP contribution in [0.3, 0.4) is 0 Å². The van der Waals surface area contributed by atoms with E-state index < -0.39 is 11.8 Å². The molecule has 0 aliphatic heterocycles. The Hall–Kier alpha value is -4.41. The summed E-state index contributed by atoms with van der Waals surface area (Å²) in [5, 5.41) is 15.3. The number of nitrogens with zero attached hydrogens (tertiary/aromatic N) is 5. The first-order valence-electron chi connectivity index (χ1n) is 9.16. The van der Waals surface area contributed by atoms with Crippen molar-refractivity contribution in [3.8, 4) is 11.4 Å². The molecule has 31 heavy (non-hydrogen) atoms. The molecule has 1 aromatic carbocycles. The fraction of sp³-hybridized carbons (Fsp3) is 0.100. The lowest BCUT2D eigenvalue weighted by molar-refractivity contribution is 0.0985. The molecule has 0 aliphatic carbocycles. The van der Waals surface area contributed by atoms with Crippen molar-refractivity contribution >= 4 is 23.1 Å². The normalized spacial score (nSPS) is 10.9. The van der Waals surface area contributed by atoms with E-state index in [4.69, 9.17) is 11.5 Å². The second-order valence-corrected chi connectivity index (χ2v) is 6.71. The summed E-state index contributed by atoms with van der Waals surface area (Å²) in [6.45, 7) is 1.90. The van der Waals surface area contributed by atoms with Crippen molar-refractivity contribution in [2.24, 2.45) is 11.5 Å². The highest BCUT2D eigenvalue weighted by Gasteiger charge is 2.21. The molecule has 0 aliphatic rings. The summed E-state index contributed by atoms with van der Waals surface area (Å²) >= 11 is 0. The van der Waals surface area contributed by atoms with Gasteiger partial charge in [0.15, 0.2) is 17.3 Å². The molecule has 0 saturated carbocycles. The van der Waals surface area contributed by atoms with Gasteiger partial charge in [-0.25, -0.2) is 13.9 Å². The number of rotatable bonds is 6. The Labute approximate surface area is 175 Å². The van der Waals surface area contributed by atoms with Gasteiger partial charge in [0.2, 0.25) is 0 Å². The molecule has 0 saturated heterocycles. The molecule has 156 valence electrons. The maximum atomic E-state index is 13.5. The number of aryl methyl sites for hydroxylation is 1. The van der Waals surface area contributed by atoms with E-state index in [0.717, 1.165) is 0 Å². The Bertz CT molecular complexity index is 1330. The fourth-order valence-electron chi connectivity index (χ4n) is 3.20. The minimum absolute atomic E-state index is 0.0894. The van der Waals surface area contributed by atoms with Gasteiger partial charge >= 0.3 is 0 Å². The van der Waals surface area contributed by atoms with E-state index in [1.165, 1.54) is 16.6 Å². The Morgan fingerprint density at radius 3 is 2.58 bits per heavy atom. The third kappa shape index (κ3) is 3.75. The van der Waals surface area contributed by atoms with Gasteiger partial charge < -0.3 is 16.8 Å². The number of hydrogen-bond donors (Lipinski definition) is 3. The molecule has 3 heterocycles. The van der Waals surface area contributed by atoms with Crippen molar-refractivity contribution in [2.75, 3.05) is 5.32 Å². The van der Waals surface area contributed by atoms with Gasteiger partial charge in [-0.1, -0.05) is 18.2 Å². The largest absolute Gasteiger partial charge is 0.364 e. The van der Waals surface area contributed by atoms with Gasteiger partial charge in [0, 0.05) is 6.54 Å². The first-order chi connectivity index (χ1) is 14.8. The molecule has 10 nitrogen and oxygen atoms in total. The summed E-state index contributed by atoms with van der Waals surface area (Å²) in [6.07, 6.45) is 0. The van der Waals surface area contributed by atoms with E-state index in [1.54, 1.807) is 37.3 Å². The lowest BCUT2D eigenvalue weighted by Gasteiger charge is -2.10. The molecule has 3 aromatic heterocycles. The predicted octanol–water partition coefficient (Wildman–Crippen LogP) is 1.44. The number of nitrogens with one attached hydrogen (secondary N) is 1. The summed E-state index contributed by atoms with van der Waals surface area (Å²) in [5.74, 6) is -1.59. The number of carbonyl (C=O) groups excluding carboxylic acids is 2. The number of aromatic nitrogens is 5. The van der Waals surface area contributed by atoms with Crippen LogP contribution in [-0.2, 0) is 6.54 Å². The van der Waals surface area contributed by atoms with Gasteiger partial charge in [-0.2, -0.15) is 5.10 Å². The molecule has 5 N–H and O–H groups in total. The molecule has 0 fully saturated rings. The maximum Gasteiger partial charge on any atom is 0.273 e. The van der Waals surface area contributed by atoms with Crippen molar-refractivity contribution in [1.82, 2.24) is 24.8 Å². The SMILES string of the molecule is Cc1nn2c(C(N)=O)cccc2c1-c1nnc(C(N)=O)c(NCc2cccc(F)c2)n1. The van der Waals surface area contributed by atoms with Crippen molar-refractivity contribution in [2.45, 2.75) is 13.5 Å². The zero-order valence-electron chi connectivity index (χ0n) is 16.3. The Kier molecular flexibility index (Phi) is 4.99. The predicted molar refractivity (Wildman–Crippen MR) is 110 cm³/mol. The van der Waals surface area contributed by atoms with E-state index in [2.05, 4.69) is 25.6 Å². The second kappa shape index (κ2) is 7.78. The van der Waals surface area contributed by atoms with Crippen molar-refractivity contribution < 1.29 is 14.0 Å². The van der Waals surface area contributed by atoms with E-state index in [0.29, 0.717) is 22.3 Å². The third-order valence-electron chi connectivity index (χ3n) is 4.58. The minimum atomic E-state index is -0.819. The molecule has 0 unspecified atom stereocenters. The van der Waals surface area contributed by atoms with Crippen LogP contribution < -0.4 is 16.8 Å². The monoisotopic (exact) mass is 420 g/mol. The summed E-state index contributed by atoms with van der Waals surface area (Å²) in [7, 11) is 0. The van der Waals surface area contributed by atoms with Crippen molar-refractivity contribution in [1.29, 1.82) is 0 Å². The zero-order chi connectivity index (χ0) is 22.1. The van der Waals surface area contributed by atoms with E-state index in [1.807, 2.05) is 0 Å². The van der Waals surface area contributed by atoms with Crippen molar-refractivity contribution in [3.63, 3.8) is 0 Å². The van der Waals surface area contributed by atoms with Crippen LogP contribution in [0, 0.1) is 12.7 Å². The lowest BCUT2D eigenvalue weighted by Crippen LogP contribution is -2.19. The number of fused-ring (bicyclic) bond motifs is 1. The highest BCUT2D eigenvalue weighted by atomic mass is 19.1. The number of carbonyl (C=O) groups is 2. The van der Waals surface area contributed by atoms with Crippen LogP contribution in [0.25, 0.3) is 16.9 Å². The summed E-state index contributed by atoms with van der Waals surface area (Å²) in [4.78, 5) is 27.9.